The van der Waals surface area contributed by atoms with E-state index in [0.29, 0.717) is 31.8 Å². The zero-order chi connectivity index (χ0) is 24.8. The summed E-state index contributed by atoms with van der Waals surface area (Å²) in [6, 6.07) is 9.86. The number of ether oxygens (including phenoxy) is 2. The van der Waals surface area contributed by atoms with Crippen molar-refractivity contribution in [1.29, 1.82) is 5.26 Å². The number of fused-ring (bicyclic) bond motifs is 2. The molecule has 10 heteroatoms. The van der Waals surface area contributed by atoms with Gasteiger partial charge in [0.15, 0.2) is 0 Å². The number of morpholine rings is 2. The molecule has 10 nitrogen and oxygen atoms in total. The minimum Gasteiger partial charge on any atom is -0.448 e. The summed E-state index contributed by atoms with van der Waals surface area (Å²) in [7, 11) is 0. The number of hydrogen-bond acceptors (Lipinski definition) is 8. The fourth-order valence-corrected chi connectivity index (χ4v) is 5.07. The van der Waals surface area contributed by atoms with Crippen LogP contribution in [0.15, 0.2) is 24.3 Å². The van der Waals surface area contributed by atoms with Gasteiger partial charge in [-0.1, -0.05) is 0 Å². The molecule has 1 aromatic rings. The zero-order valence-electron chi connectivity index (χ0n) is 20.7. The van der Waals surface area contributed by atoms with E-state index in [1.54, 1.807) is 11.8 Å². The molecule has 2 bridgehead atoms. The third-order valence-electron chi connectivity index (χ3n) is 6.82. The molecular weight excluding hydrogens is 448 g/mol. The Balaban J connectivity index is 1.16. The Morgan fingerprint density at radius 2 is 1.71 bits per heavy atom. The number of hydrogen-bond donors (Lipinski definition) is 1. The van der Waals surface area contributed by atoms with Gasteiger partial charge in [0.25, 0.3) is 0 Å². The summed E-state index contributed by atoms with van der Waals surface area (Å²) in [5.41, 5.74) is 1.65. The number of carbonyl (C=O) groups excluding carboxylic acids is 2. The highest BCUT2D eigenvalue weighted by atomic mass is 16.6. The second-order valence-corrected chi connectivity index (χ2v) is 9.70. The van der Waals surface area contributed by atoms with Crippen LogP contribution in [0, 0.1) is 11.3 Å². The summed E-state index contributed by atoms with van der Waals surface area (Å²) in [4.78, 5) is 32.3. The maximum absolute atomic E-state index is 12.7. The number of benzene rings is 1. The van der Waals surface area contributed by atoms with Crippen LogP contribution in [-0.2, 0) is 14.3 Å². The van der Waals surface area contributed by atoms with Crippen LogP contribution in [0.3, 0.4) is 0 Å². The van der Waals surface area contributed by atoms with E-state index < -0.39 is 0 Å². The molecule has 0 radical (unpaired) electrons. The second-order valence-electron chi connectivity index (χ2n) is 9.70. The van der Waals surface area contributed by atoms with Gasteiger partial charge < -0.3 is 24.6 Å². The smallest absolute Gasteiger partial charge is 0.409 e. The molecule has 0 aliphatic carbocycles. The maximum atomic E-state index is 12.7. The van der Waals surface area contributed by atoms with Crippen molar-refractivity contribution in [2.75, 3.05) is 77.4 Å². The van der Waals surface area contributed by atoms with Gasteiger partial charge in [-0.2, -0.15) is 5.26 Å². The highest BCUT2D eigenvalue weighted by molar-refractivity contribution is 5.73. The summed E-state index contributed by atoms with van der Waals surface area (Å²) < 4.78 is 11.7. The van der Waals surface area contributed by atoms with Crippen molar-refractivity contribution in [3.8, 4) is 6.07 Å². The maximum Gasteiger partial charge on any atom is 0.409 e. The van der Waals surface area contributed by atoms with Crippen LogP contribution in [0.1, 0.15) is 19.4 Å². The molecule has 2 amide bonds. The molecule has 3 heterocycles. The standard InChI is InChI=1S/C25H36N6O4/c1-19(27-22-5-3-21(13-26)4-6-22)14-29-15-23-17-31(18-24(16-29)35-23)25(33)34-12-11-28-7-9-30(10-8-28)20(2)32/h3-6,19,23-24,27H,7-12,14-18H2,1-2H3. The summed E-state index contributed by atoms with van der Waals surface area (Å²) in [5.74, 6) is 0.115. The molecule has 0 aromatic heterocycles. The number of carbonyl (C=O) groups is 2. The van der Waals surface area contributed by atoms with Crippen molar-refractivity contribution in [1.82, 2.24) is 19.6 Å². The topological polar surface area (TPSA) is 101 Å². The number of nitrogens with zero attached hydrogens (tertiary/aromatic N) is 5. The van der Waals surface area contributed by atoms with Crippen LogP contribution >= 0.6 is 0 Å². The lowest BCUT2D eigenvalue weighted by atomic mass is 10.1. The fraction of sp³-hybridized carbons (Fsp3) is 0.640. The summed E-state index contributed by atoms with van der Waals surface area (Å²) in [6.45, 7) is 11.4. The lowest BCUT2D eigenvalue weighted by Crippen LogP contribution is -2.61. The highest BCUT2D eigenvalue weighted by Crippen LogP contribution is 2.21. The molecule has 1 aromatic carbocycles. The average Bonchev–Trinajstić information content (AvgIpc) is 2.84. The summed E-state index contributed by atoms with van der Waals surface area (Å²) in [6.07, 6.45) is -0.302. The minimum absolute atomic E-state index is 0.0168. The normalized spacial score (nSPS) is 23.9. The predicted molar refractivity (Wildman–Crippen MR) is 131 cm³/mol. The van der Waals surface area contributed by atoms with E-state index in [1.165, 1.54) is 0 Å². The van der Waals surface area contributed by atoms with Gasteiger partial charge >= 0.3 is 6.09 Å². The molecule has 190 valence electrons. The van der Waals surface area contributed by atoms with Crippen molar-refractivity contribution in [2.24, 2.45) is 0 Å². The predicted octanol–water partition coefficient (Wildman–Crippen LogP) is 1.04. The van der Waals surface area contributed by atoms with Gasteiger partial charge in [-0.05, 0) is 31.2 Å². The molecule has 4 rings (SSSR count). The fourth-order valence-electron chi connectivity index (χ4n) is 5.07. The van der Waals surface area contributed by atoms with Crippen molar-refractivity contribution in [3.63, 3.8) is 0 Å². The molecular formula is C25H36N6O4. The Labute approximate surface area is 207 Å². The molecule has 1 N–H and O–H groups in total. The van der Waals surface area contributed by atoms with Crippen molar-refractivity contribution in [2.45, 2.75) is 32.1 Å². The Kier molecular flexibility index (Phi) is 8.44. The molecule has 3 aliphatic rings. The first-order valence-electron chi connectivity index (χ1n) is 12.4. The first kappa shape index (κ1) is 25.2. The van der Waals surface area contributed by atoms with Crippen LogP contribution in [0.4, 0.5) is 10.5 Å². The first-order valence-corrected chi connectivity index (χ1v) is 12.4. The Bertz CT molecular complexity index is 898. The number of anilines is 1. The summed E-state index contributed by atoms with van der Waals surface area (Å²) >= 11 is 0. The number of amides is 2. The van der Waals surface area contributed by atoms with Crippen molar-refractivity contribution >= 4 is 17.7 Å². The van der Waals surface area contributed by atoms with Gasteiger partial charge in [0.2, 0.25) is 5.91 Å². The molecule has 3 saturated heterocycles. The SMILES string of the molecule is CC(=O)N1CCN(CCOC(=O)N2CC3CN(CC(C)Nc4ccc(C#N)cc4)CC(C2)O3)CC1. The monoisotopic (exact) mass is 484 g/mol. The van der Waals surface area contributed by atoms with Gasteiger partial charge in [0.1, 0.15) is 6.61 Å². The van der Waals surface area contributed by atoms with Crippen LogP contribution in [-0.4, -0.2) is 122 Å². The lowest BCUT2D eigenvalue weighted by molar-refractivity contribution is -0.133. The van der Waals surface area contributed by atoms with Crippen LogP contribution < -0.4 is 5.32 Å². The molecule has 35 heavy (non-hydrogen) atoms. The zero-order valence-corrected chi connectivity index (χ0v) is 20.7. The number of nitriles is 1. The highest BCUT2D eigenvalue weighted by Gasteiger charge is 2.37. The van der Waals surface area contributed by atoms with E-state index in [2.05, 4.69) is 28.1 Å². The Morgan fingerprint density at radius 3 is 2.31 bits per heavy atom. The third kappa shape index (κ3) is 7.07. The van der Waals surface area contributed by atoms with E-state index in [9.17, 15) is 9.59 Å². The molecule has 3 aliphatic heterocycles. The molecule has 3 unspecified atom stereocenters. The first-order chi connectivity index (χ1) is 16.9. The molecule has 0 spiro atoms. The molecule has 0 saturated carbocycles. The van der Waals surface area contributed by atoms with Crippen LogP contribution in [0.2, 0.25) is 0 Å². The van der Waals surface area contributed by atoms with E-state index in [1.807, 2.05) is 29.2 Å². The number of rotatable bonds is 7. The lowest BCUT2D eigenvalue weighted by Gasteiger charge is -2.46. The number of nitrogens with one attached hydrogen (secondary N) is 1. The summed E-state index contributed by atoms with van der Waals surface area (Å²) in [5, 5.41) is 12.4. The largest absolute Gasteiger partial charge is 0.448 e. The molecule has 3 atom stereocenters. The van der Waals surface area contributed by atoms with Gasteiger partial charge in [0.05, 0.1) is 36.9 Å². The van der Waals surface area contributed by atoms with Crippen molar-refractivity contribution in [3.05, 3.63) is 29.8 Å². The Morgan fingerprint density at radius 1 is 1.06 bits per heavy atom. The molecule has 3 fully saturated rings. The van der Waals surface area contributed by atoms with Gasteiger partial charge in [-0.15, -0.1) is 0 Å². The average molecular weight is 485 g/mol. The van der Waals surface area contributed by atoms with E-state index in [0.717, 1.165) is 51.5 Å². The van der Waals surface area contributed by atoms with Gasteiger partial charge in [-0.3, -0.25) is 14.6 Å². The van der Waals surface area contributed by atoms with Crippen LogP contribution in [0.25, 0.3) is 0 Å². The van der Waals surface area contributed by atoms with Crippen LogP contribution in [0.5, 0.6) is 0 Å². The Hall–Kier alpha value is -2.87. The van der Waals surface area contributed by atoms with Gasteiger partial charge in [0, 0.05) is 71.0 Å². The second kappa shape index (κ2) is 11.7. The quantitative estimate of drug-likeness (QED) is 0.613. The van der Waals surface area contributed by atoms with E-state index in [-0.39, 0.29) is 30.3 Å². The minimum atomic E-state index is -0.269. The van der Waals surface area contributed by atoms with Gasteiger partial charge in [-0.25, -0.2) is 4.79 Å². The van der Waals surface area contributed by atoms with E-state index >= 15 is 0 Å². The number of piperazine rings is 1. The van der Waals surface area contributed by atoms with E-state index in [4.69, 9.17) is 14.7 Å². The third-order valence-corrected chi connectivity index (χ3v) is 6.82. The van der Waals surface area contributed by atoms with Crippen molar-refractivity contribution < 1.29 is 19.1 Å².